The van der Waals surface area contributed by atoms with Crippen molar-refractivity contribution in [3.05, 3.63) is 71.8 Å². The number of hydrogen-bond acceptors (Lipinski definition) is 8. The Bertz CT molecular complexity index is 1640. The molecule has 4 aromatic rings. The number of allylic oxidation sites excluding steroid dienone is 2. The molecule has 1 amide bonds. The summed E-state index contributed by atoms with van der Waals surface area (Å²) in [5.41, 5.74) is 5.10. The van der Waals surface area contributed by atoms with Crippen LogP contribution >= 0.6 is 11.3 Å². The minimum atomic E-state index is -0.0166. The molecule has 6 rings (SSSR count). The van der Waals surface area contributed by atoms with E-state index in [0.717, 1.165) is 57.1 Å². The summed E-state index contributed by atoms with van der Waals surface area (Å²) in [7, 11) is 0. The Labute approximate surface area is 242 Å². The molecule has 41 heavy (non-hydrogen) atoms. The van der Waals surface area contributed by atoms with Gasteiger partial charge in [0.2, 0.25) is 5.91 Å². The summed E-state index contributed by atoms with van der Waals surface area (Å²) in [6, 6.07) is 15.6. The number of fused-ring (bicyclic) bond motifs is 2. The van der Waals surface area contributed by atoms with Gasteiger partial charge in [0.1, 0.15) is 5.75 Å². The molecule has 0 spiro atoms. The van der Waals surface area contributed by atoms with E-state index in [-0.39, 0.29) is 30.3 Å². The van der Waals surface area contributed by atoms with Gasteiger partial charge in [-0.05, 0) is 60.4 Å². The number of rotatable bonds is 7. The molecule has 9 heteroatoms. The third kappa shape index (κ3) is 5.87. The first-order valence-electron chi connectivity index (χ1n) is 14.0. The molecule has 0 unspecified atom stereocenters. The Morgan fingerprint density at radius 2 is 1.85 bits per heavy atom. The van der Waals surface area contributed by atoms with Crippen molar-refractivity contribution in [1.29, 1.82) is 0 Å². The molecule has 0 saturated carbocycles. The van der Waals surface area contributed by atoms with Gasteiger partial charge >= 0.3 is 0 Å². The average Bonchev–Trinajstić information content (AvgIpc) is 3.44. The van der Waals surface area contributed by atoms with E-state index in [1.807, 2.05) is 11.0 Å². The highest BCUT2D eigenvalue weighted by Gasteiger charge is 2.23. The number of nitrogens with zero attached hydrogens (tertiary/aromatic N) is 4. The van der Waals surface area contributed by atoms with Gasteiger partial charge in [-0.2, -0.15) is 0 Å². The van der Waals surface area contributed by atoms with Crippen LogP contribution in [0.2, 0.25) is 0 Å². The van der Waals surface area contributed by atoms with Crippen molar-refractivity contribution < 1.29 is 19.4 Å². The van der Waals surface area contributed by atoms with Crippen molar-refractivity contribution in [2.45, 2.75) is 32.7 Å². The maximum atomic E-state index is 12.9. The van der Waals surface area contributed by atoms with Crippen molar-refractivity contribution in [2.24, 2.45) is 0 Å². The Kier molecular flexibility index (Phi) is 7.80. The minimum Gasteiger partial charge on any atom is -0.508 e. The van der Waals surface area contributed by atoms with Crippen LogP contribution in [0.4, 0.5) is 5.82 Å². The van der Waals surface area contributed by atoms with Crippen molar-refractivity contribution in [3.63, 3.8) is 0 Å². The third-order valence-electron chi connectivity index (χ3n) is 7.56. The highest BCUT2D eigenvalue weighted by atomic mass is 32.1. The van der Waals surface area contributed by atoms with Gasteiger partial charge in [0.25, 0.3) is 0 Å². The number of hydrogen-bond donors (Lipinski definition) is 1. The lowest BCUT2D eigenvalue weighted by Crippen LogP contribution is -2.36. The van der Waals surface area contributed by atoms with E-state index in [2.05, 4.69) is 29.2 Å². The molecule has 8 nitrogen and oxygen atoms in total. The number of ether oxygens (including phenoxy) is 1. The maximum absolute atomic E-state index is 12.9. The second-order valence-electron chi connectivity index (χ2n) is 10.4. The smallest absolute Gasteiger partial charge is 0.223 e. The number of phenolic OH excluding ortho intramolecular Hbond substituents is 1. The van der Waals surface area contributed by atoms with E-state index in [4.69, 9.17) is 14.7 Å². The first-order valence-corrected chi connectivity index (χ1v) is 14.8. The van der Waals surface area contributed by atoms with Gasteiger partial charge in [-0.3, -0.25) is 9.59 Å². The molecule has 2 aromatic carbocycles. The largest absolute Gasteiger partial charge is 0.508 e. The molecular weight excluding hydrogens is 536 g/mol. The maximum Gasteiger partial charge on any atom is 0.223 e. The molecule has 210 valence electrons. The highest BCUT2D eigenvalue weighted by Crippen LogP contribution is 2.40. The number of amides is 1. The molecule has 0 radical (unpaired) electrons. The number of phenols is 1. The van der Waals surface area contributed by atoms with Crippen LogP contribution in [0.5, 0.6) is 5.75 Å². The number of aromatic hydroxyl groups is 1. The Morgan fingerprint density at radius 3 is 2.66 bits per heavy atom. The van der Waals surface area contributed by atoms with Crippen LogP contribution in [-0.4, -0.2) is 64.5 Å². The second-order valence-corrected chi connectivity index (χ2v) is 11.4. The Hall–Kier alpha value is -4.08. The van der Waals surface area contributed by atoms with Crippen LogP contribution in [0, 0.1) is 0 Å². The first-order chi connectivity index (χ1) is 20.0. The van der Waals surface area contributed by atoms with Gasteiger partial charge in [0, 0.05) is 49.5 Å². The molecule has 0 bridgehead atoms. The lowest BCUT2D eigenvalue weighted by molar-refractivity contribution is -0.133. The summed E-state index contributed by atoms with van der Waals surface area (Å²) < 4.78 is 6.61. The molecule has 1 saturated heterocycles. The number of aromatic nitrogens is 2. The van der Waals surface area contributed by atoms with Gasteiger partial charge < -0.3 is 19.6 Å². The van der Waals surface area contributed by atoms with E-state index in [9.17, 15) is 14.7 Å². The van der Waals surface area contributed by atoms with E-state index in [1.165, 1.54) is 11.6 Å². The summed E-state index contributed by atoms with van der Waals surface area (Å²) in [4.78, 5) is 39.8. The van der Waals surface area contributed by atoms with Crippen molar-refractivity contribution in [3.8, 4) is 27.6 Å². The number of anilines is 1. The predicted molar refractivity (Wildman–Crippen MR) is 161 cm³/mol. The quantitative estimate of drug-likeness (QED) is 0.299. The van der Waals surface area contributed by atoms with Crippen molar-refractivity contribution >= 4 is 39.1 Å². The summed E-state index contributed by atoms with van der Waals surface area (Å²) in [5, 5.41) is 10.1. The summed E-state index contributed by atoms with van der Waals surface area (Å²) in [5.74, 6) is 1.64. The standard InChI is InChI=1S/C32H32N4O4S/c1-2-4-25(37)9-10-29(39)36-12-11-21-7-8-22(17-24(21)20-36)28-19-27-30(41-28)32(35-13-15-40-16-14-35)34-31(33-27)23-5-3-6-26(38)18-23/h2-8,17-19,38H,9-16,20H2,1H3. The summed E-state index contributed by atoms with van der Waals surface area (Å²) >= 11 is 1.67. The fourth-order valence-corrected chi connectivity index (χ4v) is 6.51. The van der Waals surface area contributed by atoms with Crippen LogP contribution in [0.15, 0.2) is 60.7 Å². The SMILES string of the molecule is CC=CC(=O)CCC(=O)N1CCc2ccc(-c3cc4nc(-c5cccc(O)c5)nc(N5CCOCC5)c4s3)cc2C1. The zero-order chi connectivity index (χ0) is 28.3. The number of carbonyl (C=O) groups excluding carboxylic acids is 2. The number of benzene rings is 2. The monoisotopic (exact) mass is 568 g/mol. The van der Waals surface area contributed by atoms with Gasteiger partial charge in [-0.25, -0.2) is 9.97 Å². The number of ketones is 1. The average molecular weight is 569 g/mol. The fraction of sp³-hybridized carbons (Fsp3) is 0.312. The molecular formula is C32H32N4O4S. The van der Waals surface area contributed by atoms with Crippen LogP contribution in [0.25, 0.3) is 32.0 Å². The molecule has 0 aliphatic carbocycles. The van der Waals surface area contributed by atoms with E-state index < -0.39 is 0 Å². The molecule has 1 N–H and O–H groups in total. The summed E-state index contributed by atoms with van der Waals surface area (Å²) in [6.07, 6.45) is 4.51. The lowest BCUT2D eigenvalue weighted by atomic mass is 9.96. The number of thiophene rings is 1. The highest BCUT2D eigenvalue weighted by molar-refractivity contribution is 7.22. The number of morpholine rings is 1. The predicted octanol–water partition coefficient (Wildman–Crippen LogP) is 5.38. The van der Waals surface area contributed by atoms with Gasteiger partial charge in [0.15, 0.2) is 17.4 Å². The summed E-state index contributed by atoms with van der Waals surface area (Å²) in [6.45, 7) is 5.82. The topological polar surface area (TPSA) is 95.9 Å². The molecule has 2 aromatic heterocycles. The Balaban J connectivity index is 1.32. The van der Waals surface area contributed by atoms with Crippen LogP contribution < -0.4 is 4.90 Å². The van der Waals surface area contributed by atoms with Gasteiger partial charge in [0.05, 0.1) is 23.4 Å². The Morgan fingerprint density at radius 1 is 1.00 bits per heavy atom. The first kappa shape index (κ1) is 27.1. The fourth-order valence-electron chi connectivity index (χ4n) is 5.40. The zero-order valence-corrected chi connectivity index (χ0v) is 23.8. The van der Waals surface area contributed by atoms with Crippen LogP contribution in [-0.2, 0) is 27.3 Å². The zero-order valence-electron chi connectivity index (χ0n) is 23.0. The molecule has 2 aliphatic rings. The normalized spacial score (nSPS) is 15.4. The van der Waals surface area contributed by atoms with E-state index in [0.29, 0.717) is 32.1 Å². The van der Waals surface area contributed by atoms with Crippen LogP contribution in [0.1, 0.15) is 30.9 Å². The number of carbonyl (C=O) groups is 2. The van der Waals surface area contributed by atoms with Gasteiger partial charge in [-0.1, -0.05) is 30.3 Å². The molecule has 2 aliphatic heterocycles. The third-order valence-corrected chi connectivity index (χ3v) is 8.73. The van der Waals surface area contributed by atoms with E-state index >= 15 is 0 Å². The van der Waals surface area contributed by atoms with Crippen LogP contribution in [0.3, 0.4) is 0 Å². The lowest BCUT2D eigenvalue weighted by Gasteiger charge is -2.29. The molecule has 1 fully saturated rings. The van der Waals surface area contributed by atoms with E-state index in [1.54, 1.807) is 42.5 Å². The second kappa shape index (κ2) is 11.8. The van der Waals surface area contributed by atoms with Gasteiger partial charge in [-0.15, -0.1) is 11.3 Å². The molecule has 0 atom stereocenters. The van der Waals surface area contributed by atoms with Crippen molar-refractivity contribution in [2.75, 3.05) is 37.7 Å². The molecule has 4 heterocycles. The minimum absolute atomic E-state index is 0.0166. The van der Waals surface area contributed by atoms with Crippen molar-refractivity contribution in [1.82, 2.24) is 14.9 Å².